The zero-order valence-corrected chi connectivity index (χ0v) is 16.6. The third-order valence-corrected chi connectivity index (χ3v) is 4.73. The molecule has 0 radical (unpaired) electrons. The minimum absolute atomic E-state index is 0.0378. The number of nitrogens with one attached hydrogen (secondary N) is 1. The molecule has 0 aliphatic heterocycles. The van der Waals surface area contributed by atoms with Gasteiger partial charge in [-0.15, -0.1) is 0 Å². The first-order valence-electron chi connectivity index (χ1n) is 9.36. The lowest BCUT2D eigenvalue weighted by atomic mass is 10.1. The molecule has 3 rings (SSSR count). The number of para-hydroxylation sites is 1. The number of hydrogen-bond donors (Lipinski definition) is 1. The Kier molecular flexibility index (Phi) is 6.33. The van der Waals surface area contributed by atoms with E-state index in [-0.39, 0.29) is 12.5 Å². The van der Waals surface area contributed by atoms with Gasteiger partial charge in [-0.3, -0.25) is 4.79 Å². The molecule has 0 bridgehead atoms. The summed E-state index contributed by atoms with van der Waals surface area (Å²) >= 11 is 0. The van der Waals surface area contributed by atoms with Crippen LogP contribution in [0.2, 0.25) is 0 Å². The van der Waals surface area contributed by atoms with Gasteiger partial charge in [0.05, 0.1) is 13.7 Å². The normalized spacial score (nSPS) is 10.4. The highest BCUT2D eigenvalue weighted by molar-refractivity contribution is 5.95. The molecule has 0 unspecified atom stereocenters. The maximum absolute atomic E-state index is 12.8. The summed E-state index contributed by atoms with van der Waals surface area (Å²) in [7, 11) is 1.65. The lowest BCUT2D eigenvalue weighted by Gasteiger charge is -2.25. The number of hydrogen-bond acceptors (Lipinski definition) is 3. The lowest BCUT2D eigenvalue weighted by Crippen LogP contribution is -2.33. The van der Waals surface area contributed by atoms with Gasteiger partial charge in [-0.2, -0.15) is 0 Å². The largest absolute Gasteiger partial charge is 0.497 e. The number of methoxy groups -OCH3 is 1. The van der Waals surface area contributed by atoms with E-state index < -0.39 is 0 Å². The molecule has 0 saturated carbocycles. The Labute approximate surface area is 166 Å². The molecule has 4 nitrogen and oxygen atoms in total. The Morgan fingerprint density at radius 1 is 0.893 bits per heavy atom. The standard InChI is InChI=1S/C24H26N2O2/c1-18-8-7-9-19(2)24(18)25-23(27)17-26(16-20-10-5-4-6-11-20)21-12-14-22(28-3)15-13-21/h4-15H,16-17H2,1-3H3,(H,25,27). The second-order valence-corrected chi connectivity index (χ2v) is 6.85. The van der Waals surface area contributed by atoms with Crippen LogP contribution in [-0.4, -0.2) is 19.6 Å². The van der Waals surface area contributed by atoms with E-state index in [1.54, 1.807) is 7.11 Å². The molecule has 3 aromatic carbocycles. The van der Waals surface area contributed by atoms with E-state index in [4.69, 9.17) is 4.74 Å². The Bertz CT molecular complexity index is 901. The Hall–Kier alpha value is -3.27. The lowest BCUT2D eigenvalue weighted by molar-refractivity contribution is -0.115. The van der Waals surface area contributed by atoms with Gasteiger partial charge in [0.25, 0.3) is 0 Å². The summed E-state index contributed by atoms with van der Waals surface area (Å²) in [6.45, 7) is 4.92. The number of rotatable bonds is 7. The van der Waals surface area contributed by atoms with Crippen molar-refractivity contribution in [1.29, 1.82) is 0 Å². The maximum atomic E-state index is 12.8. The number of benzene rings is 3. The third kappa shape index (κ3) is 4.92. The van der Waals surface area contributed by atoms with Gasteiger partial charge in [0.1, 0.15) is 5.75 Å². The predicted molar refractivity (Wildman–Crippen MR) is 115 cm³/mol. The fraction of sp³-hybridized carbons (Fsp3) is 0.208. The zero-order chi connectivity index (χ0) is 19.9. The first-order valence-corrected chi connectivity index (χ1v) is 9.36. The average molecular weight is 374 g/mol. The van der Waals surface area contributed by atoms with Gasteiger partial charge in [-0.1, -0.05) is 48.5 Å². The van der Waals surface area contributed by atoms with Crippen molar-refractivity contribution < 1.29 is 9.53 Å². The summed E-state index contributed by atoms with van der Waals surface area (Å²) < 4.78 is 5.26. The van der Waals surface area contributed by atoms with Crippen LogP contribution >= 0.6 is 0 Å². The molecule has 0 saturated heterocycles. The summed E-state index contributed by atoms with van der Waals surface area (Å²) in [6.07, 6.45) is 0. The van der Waals surface area contributed by atoms with Crippen molar-refractivity contribution in [3.05, 3.63) is 89.5 Å². The molecule has 0 aliphatic rings. The summed E-state index contributed by atoms with van der Waals surface area (Å²) in [6, 6.07) is 24.0. The molecule has 28 heavy (non-hydrogen) atoms. The van der Waals surface area contributed by atoms with Crippen LogP contribution in [0.15, 0.2) is 72.8 Å². The third-order valence-electron chi connectivity index (χ3n) is 4.73. The van der Waals surface area contributed by atoms with E-state index in [9.17, 15) is 4.79 Å². The van der Waals surface area contributed by atoms with E-state index in [1.165, 1.54) is 0 Å². The number of nitrogens with zero attached hydrogens (tertiary/aromatic N) is 1. The van der Waals surface area contributed by atoms with Crippen LogP contribution in [0.4, 0.5) is 11.4 Å². The molecular weight excluding hydrogens is 348 g/mol. The summed E-state index contributed by atoms with van der Waals surface area (Å²) in [5.74, 6) is 0.757. The van der Waals surface area contributed by atoms with Gasteiger partial charge in [0.15, 0.2) is 0 Å². The van der Waals surface area contributed by atoms with Gasteiger partial charge in [0.2, 0.25) is 5.91 Å². The highest BCUT2D eigenvalue weighted by Crippen LogP contribution is 2.23. The topological polar surface area (TPSA) is 41.6 Å². The number of anilines is 2. The molecule has 0 aromatic heterocycles. The van der Waals surface area contributed by atoms with Crippen LogP contribution in [0.5, 0.6) is 5.75 Å². The van der Waals surface area contributed by atoms with Crippen LogP contribution in [0, 0.1) is 13.8 Å². The van der Waals surface area contributed by atoms with Gasteiger partial charge in [-0.05, 0) is 54.8 Å². The van der Waals surface area contributed by atoms with Crippen molar-refractivity contribution in [1.82, 2.24) is 0 Å². The number of carbonyl (C=O) groups excluding carboxylic acids is 1. The van der Waals surface area contributed by atoms with Crippen LogP contribution in [0.1, 0.15) is 16.7 Å². The van der Waals surface area contributed by atoms with Crippen LogP contribution in [0.3, 0.4) is 0 Å². The molecule has 0 fully saturated rings. The average Bonchev–Trinajstić information content (AvgIpc) is 2.71. The molecule has 1 amide bonds. The molecule has 4 heteroatoms. The van der Waals surface area contributed by atoms with Gasteiger partial charge in [-0.25, -0.2) is 0 Å². The first kappa shape index (κ1) is 19.5. The molecule has 0 spiro atoms. The minimum atomic E-state index is -0.0378. The van der Waals surface area contributed by atoms with E-state index in [0.29, 0.717) is 6.54 Å². The molecule has 3 aromatic rings. The predicted octanol–water partition coefficient (Wildman–Crippen LogP) is 4.96. The zero-order valence-electron chi connectivity index (χ0n) is 16.6. The van der Waals surface area contributed by atoms with E-state index in [2.05, 4.69) is 22.3 Å². The monoisotopic (exact) mass is 374 g/mol. The van der Waals surface area contributed by atoms with Crippen molar-refractivity contribution in [2.75, 3.05) is 23.9 Å². The quantitative estimate of drug-likeness (QED) is 0.636. The SMILES string of the molecule is COc1ccc(N(CC(=O)Nc2c(C)cccc2C)Cc2ccccc2)cc1. The fourth-order valence-electron chi connectivity index (χ4n) is 3.20. The van der Waals surface area contributed by atoms with Crippen LogP contribution in [-0.2, 0) is 11.3 Å². The van der Waals surface area contributed by atoms with Crippen LogP contribution in [0.25, 0.3) is 0 Å². The highest BCUT2D eigenvalue weighted by atomic mass is 16.5. The first-order chi connectivity index (χ1) is 13.6. The van der Waals surface area contributed by atoms with E-state index in [0.717, 1.165) is 33.8 Å². The van der Waals surface area contributed by atoms with Gasteiger partial charge >= 0.3 is 0 Å². The van der Waals surface area contributed by atoms with Crippen molar-refractivity contribution in [2.45, 2.75) is 20.4 Å². The Morgan fingerprint density at radius 3 is 2.14 bits per heavy atom. The number of carbonyl (C=O) groups is 1. The summed E-state index contributed by atoms with van der Waals surface area (Å²) in [5, 5.41) is 3.08. The van der Waals surface area contributed by atoms with Crippen molar-refractivity contribution >= 4 is 17.3 Å². The Balaban J connectivity index is 1.80. The van der Waals surface area contributed by atoms with Crippen molar-refractivity contribution in [2.24, 2.45) is 0 Å². The minimum Gasteiger partial charge on any atom is -0.497 e. The second-order valence-electron chi connectivity index (χ2n) is 6.85. The van der Waals surface area contributed by atoms with Gasteiger partial charge < -0.3 is 15.0 Å². The molecule has 0 heterocycles. The fourth-order valence-corrected chi connectivity index (χ4v) is 3.20. The highest BCUT2D eigenvalue weighted by Gasteiger charge is 2.14. The molecular formula is C24H26N2O2. The van der Waals surface area contributed by atoms with E-state index >= 15 is 0 Å². The molecule has 0 aliphatic carbocycles. The summed E-state index contributed by atoms with van der Waals surface area (Å²) in [4.78, 5) is 14.9. The maximum Gasteiger partial charge on any atom is 0.243 e. The van der Waals surface area contributed by atoms with Crippen LogP contribution < -0.4 is 15.0 Å². The second kappa shape index (κ2) is 9.09. The molecule has 1 N–H and O–H groups in total. The van der Waals surface area contributed by atoms with Crippen molar-refractivity contribution in [3.8, 4) is 5.75 Å². The van der Waals surface area contributed by atoms with E-state index in [1.807, 2.05) is 74.5 Å². The number of aryl methyl sites for hydroxylation is 2. The number of ether oxygens (including phenoxy) is 1. The van der Waals surface area contributed by atoms with Gasteiger partial charge in [0, 0.05) is 17.9 Å². The molecule has 0 atom stereocenters. The summed E-state index contributed by atoms with van der Waals surface area (Å²) in [5.41, 5.74) is 5.14. The van der Waals surface area contributed by atoms with Crippen molar-refractivity contribution in [3.63, 3.8) is 0 Å². The Morgan fingerprint density at radius 2 is 1.54 bits per heavy atom. The smallest absolute Gasteiger partial charge is 0.243 e. The number of amides is 1. The molecule has 144 valence electrons.